The molecule has 2 aromatic rings. The van der Waals surface area contributed by atoms with Crippen LogP contribution in [0.2, 0.25) is 0 Å². The molecule has 0 bridgehead atoms. The largest absolute Gasteiger partial charge is 0.362 e. The fourth-order valence-corrected chi connectivity index (χ4v) is 4.68. The molecule has 0 saturated carbocycles. The van der Waals surface area contributed by atoms with Crippen LogP contribution in [0.4, 0.5) is 11.5 Å². The van der Waals surface area contributed by atoms with Gasteiger partial charge in [-0.2, -0.15) is 0 Å². The van der Waals surface area contributed by atoms with E-state index in [0.717, 1.165) is 11.4 Å². The van der Waals surface area contributed by atoms with Crippen LogP contribution in [0.15, 0.2) is 65.0 Å². The first kappa shape index (κ1) is 22.4. The average Bonchev–Trinajstić information content (AvgIpc) is 2.71. The number of nitro benzene ring substituents is 1. The Morgan fingerprint density at radius 1 is 1.18 bits per heavy atom. The number of benzene rings is 1. The number of carbonyl (C=O) groups excluding carboxylic acids is 2. The molecular weight excluding hydrogens is 420 g/mol. The topological polar surface area (TPSA) is 114 Å². The molecule has 0 spiro atoms. The zero-order chi connectivity index (χ0) is 23.9. The number of carbonyl (C=O) groups is 2. The third-order valence-corrected chi connectivity index (χ3v) is 6.03. The lowest BCUT2D eigenvalue weighted by atomic mass is 9.68. The number of aromatic nitrogens is 1. The summed E-state index contributed by atoms with van der Waals surface area (Å²) in [5, 5.41) is 17.6. The van der Waals surface area contributed by atoms with Gasteiger partial charge in [0.15, 0.2) is 5.78 Å². The van der Waals surface area contributed by atoms with E-state index < -0.39 is 16.7 Å². The Kier molecular flexibility index (Phi) is 5.61. The Balaban J connectivity index is 1.84. The summed E-state index contributed by atoms with van der Waals surface area (Å²) in [6, 6.07) is 11.5. The van der Waals surface area contributed by atoms with Crippen LogP contribution in [0.1, 0.15) is 50.8 Å². The number of ketones is 1. The van der Waals surface area contributed by atoms with Crippen LogP contribution in [0, 0.1) is 22.5 Å². The molecule has 1 aromatic heterocycles. The Morgan fingerprint density at radius 3 is 2.61 bits per heavy atom. The number of non-ortho nitro benzene ring substituents is 1. The molecule has 0 radical (unpaired) electrons. The molecule has 2 N–H and O–H groups in total. The number of nitro groups is 1. The summed E-state index contributed by atoms with van der Waals surface area (Å²) in [4.78, 5) is 42.1. The summed E-state index contributed by atoms with van der Waals surface area (Å²) in [6.07, 6.45) is 0.984. The monoisotopic (exact) mass is 446 g/mol. The van der Waals surface area contributed by atoms with Gasteiger partial charge in [0, 0.05) is 52.7 Å². The van der Waals surface area contributed by atoms with Gasteiger partial charge in [-0.3, -0.25) is 19.7 Å². The number of allylic oxidation sites excluding steroid dienone is 3. The second kappa shape index (κ2) is 8.27. The maximum atomic E-state index is 13.5. The van der Waals surface area contributed by atoms with Crippen LogP contribution in [0.5, 0.6) is 0 Å². The van der Waals surface area contributed by atoms with Crippen LogP contribution in [-0.2, 0) is 9.59 Å². The van der Waals surface area contributed by atoms with E-state index in [0.29, 0.717) is 41.1 Å². The number of amides is 1. The number of Topliss-reactive ketones (excluding diaryl/α,β-unsaturated/α-hetero) is 1. The van der Waals surface area contributed by atoms with Gasteiger partial charge in [0.25, 0.3) is 11.6 Å². The fourth-order valence-electron chi connectivity index (χ4n) is 4.68. The lowest BCUT2D eigenvalue weighted by Gasteiger charge is -2.39. The number of hydrogen-bond donors (Lipinski definition) is 2. The molecule has 4 rings (SSSR count). The molecule has 1 aromatic carbocycles. The number of hydrogen-bond acceptors (Lipinski definition) is 6. The molecule has 8 nitrogen and oxygen atoms in total. The molecule has 1 atom stereocenters. The van der Waals surface area contributed by atoms with Gasteiger partial charge in [0.2, 0.25) is 0 Å². The van der Waals surface area contributed by atoms with E-state index in [1.54, 1.807) is 31.2 Å². The number of dihydropyridines is 1. The Bertz CT molecular complexity index is 1240. The summed E-state index contributed by atoms with van der Waals surface area (Å²) in [5.41, 5.74) is 3.22. The standard InChI is InChI=1S/C25H26N4O4/c1-14-7-5-10-20(26-14)28-24(31)21-15(2)27-18-12-25(3,4)13-19(30)23(18)22(21)16-8-6-9-17(11-16)29(32)33/h5-11,22,27H,12-13H2,1-4H3,(H,26,28,31)/t22-/m1/s1. The SMILES string of the molecule is CC1=C(C(=O)Nc2cccc(C)n2)[C@@H](c2cccc([N+](=O)[O-])c2)C2=C(CC(C)(C)CC2=O)N1. The van der Waals surface area contributed by atoms with Crippen molar-refractivity contribution in [1.82, 2.24) is 10.3 Å². The molecule has 1 amide bonds. The maximum absolute atomic E-state index is 13.5. The van der Waals surface area contributed by atoms with Crippen molar-refractivity contribution < 1.29 is 14.5 Å². The molecule has 0 unspecified atom stereocenters. The molecule has 1 aliphatic carbocycles. The van der Waals surface area contributed by atoms with Crippen molar-refractivity contribution in [3.8, 4) is 0 Å². The zero-order valence-corrected chi connectivity index (χ0v) is 19.1. The van der Waals surface area contributed by atoms with E-state index in [4.69, 9.17) is 0 Å². The summed E-state index contributed by atoms with van der Waals surface area (Å²) < 4.78 is 0. The third-order valence-electron chi connectivity index (χ3n) is 6.03. The number of anilines is 1. The van der Waals surface area contributed by atoms with Gasteiger partial charge in [0.1, 0.15) is 5.82 Å². The van der Waals surface area contributed by atoms with Crippen molar-refractivity contribution in [3.63, 3.8) is 0 Å². The van der Waals surface area contributed by atoms with E-state index in [2.05, 4.69) is 15.6 Å². The first-order valence-electron chi connectivity index (χ1n) is 10.8. The van der Waals surface area contributed by atoms with Crippen molar-refractivity contribution >= 4 is 23.2 Å². The summed E-state index contributed by atoms with van der Waals surface area (Å²) >= 11 is 0. The second-order valence-corrected chi connectivity index (χ2v) is 9.40. The minimum Gasteiger partial charge on any atom is -0.362 e. The van der Waals surface area contributed by atoms with Gasteiger partial charge in [-0.1, -0.05) is 32.0 Å². The maximum Gasteiger partial charge on any atom is 0.269 e. The molecule has 2 aliphatic rings. The normalized spacial score (nSPS) is 19.6. The minimum atomic E-state index is -0.713. The van der Waals surface area contributed by atoms with Gasteiger partial charge >= 0.3 is 0 Å². The number of rotatable bonds is 4. The Labute approximate surface area is 192 Å². The first-order valence-corrected chi connectivity index (χ1v) is 10.8. The average molecular weight is 447 g/mol. The second-order valence-electron chi connectivity index (χ2n) is 9.40. The number of pyridine rings is 1. The van der Waals surface area contributed by atoms with Gasteiger partial charge in [0.05, 0.1) is 4.92 Å². The molecule has 170 valence electrons. The van der Waals surface area contributed by atoms with Crippen molar-refractivity contribution in [3.05, 3.63) is 86.4 Å². The van der Waals surface area contributed by atoms with Crippen molar-refractivity contribution in [2.24, 2.45) is 5.41 Å². The van der Waals surface area contributed by atoms with E-state index in [9.17, 15) is 19.7 Å². The highest BCUT2D eigenvalue weighted by Crippen LogP contribution is 2.47. The van der Waals surface area contributed by atoms with Gasteiger partial charge in [-0.15, -0.1) is 0 Å². The number of nitrogens with zero attached hydrogens (tertiary/aromatic N) is 2. The molecule has 1 aliphatic heterocycles. The van der Waals surface area contributed by atoms with Crippen molar-refractivity contribution in [1.29, 1.82) is 0 Å². The van der Waals surface area contributed by atoms with Gasteiger partial charge in [-0.05, 0) is 43.4 Å². The minimum absolute atomic E-state index is 0.0586. The van der Waals surface area contributed by atoms with Crippen LogP contribution < -0.4 is 10.6 Å². The fraction of sp³-hybridized carbons (Fsp3) is 0.320. The van der Waals surface area contributed by atoms with E-state index >= 15 is 0 Å². The van der Waals surface area contributed by atoms with E-state index in [-0.39, 0.29) is 16.9 Å². The molecule has 2 heterocycles. The molecule has 0 fully saturated rings. The van der Waals surface area contributed by atoms with Crippen molar-refractivity contribution in [2.45, 2.75) is 46.5 Å². The predicted octanol–water partition coefficient (Wildman–Crippen LogP) is 4.54. The van der Waals surface area contributed by atoms with Crippen LogP contribution in [0.25, 0.3) is 0 Å². The van der Waals surface area contributed by atoms with Gasteiger partial charge in [-0.25, -0.2) is 4.98 Å². The van der Waals surface area contributed by atoms with E-state index in [1.165, 1.54) is 12.1 Å². The summed E-state index contributed by atoms with van der Waals surface area (Å²) in [6.45, 7) is 7.68. The third kappa shape index (κ3) is 4.41. The van der Waals surface area contributed by atoms with Gasteiger partial charge < -0.3 is 10.6 Å². The van der Waals surface area contributed by atoms with E-state index in [1.807, 2.05) is 26.8 Å². The van der Waals surface area contributed by atoms with Crippen LogP contribution >= 0.6 is 0 Å². The molecular formula is C25H26N4O4. The Morgan fingerprint density at radius 2 is 1.91 bits per heavy atom. The summed E-state index contributed by atoms with van der Waals surface area (Å²) in [5.74, 6) is -0.779. The highest BCUT2D eigenvalue weighted by molar-refractivity contribution is 6.09. The lowest BCUT2D eigenvalue weighted by Crippen LogP contribution is -2.39. The molecule has 8 heteroatoms. The number of aryl methyl sites for hydroxylation is 1. The molecule has 0 saturated heterocycles. The smallest absolute Gasteiger partial charge is 0.269 e. The Hall–Kier alpha value is -3.81. The first-order chi connectivity index (χ1) is 15.6. The van der Waals surface area contributed by atoms with Crippen molar-refractivity contribution in [2.75, 3.05) is 5.32 Å². The lowest BCUT2D eigenvalue weighted by molar-refractivity contribution is -0.384. The summed E-state index contributed by atoms with van der Waals surface area (Å²) in [7, 11) is 0. The molecule has 33 heavy (non-hydrogen) atoms. The quantitative estimate of drug-likeness (QED) is 0.526. The highest BCUT2D eigenvalue weighted by atomic mass is 16.6. The van der Waals surface area contributed by atoms with Crippen LogP contribution in [0.3, 0.4) is 0 Å². The predicted molar refractivity (Wildman–Crippen MR) is 124 cm³/mol. The van der Waals surface area contributed by atoms with Crippen LogP contribution in [-0.4, -0.2) is 21.6 Å². The number of nitrogens with one attached hydrogen (secondary N) is 2. The highest BCUT2D eigenvalue weighted by Gasteiger charge is 2.43. The zero-order valence-electron chi connectivity index (χ0n) is 19.1.